The van der Waals surface area contributed by atoms with Crippen LogP contribution in [-0.4, -0.2) is 29.6 Å². The molecule has 0 radical (unpaired) electrons. The van der Waals surface area contributed by atoms with Crippen molar-refractivity contribution in [3.8, 4) is 0 Å². The maximum absolute atomic E-state index is 11.8. The van der Waals surface area contributed by atoms with E-state index in [0.29, 0.717) is 17.8 Å². The minimum atomic E-state index is -0.664. The Hall–Kier alpha value is -1.12. The summed E-state index contributed by atoms with van der Waals surface area (Å²) in [4.78, 5) is 2.56. The van der Waals surface area contributed by atoms with Gasteiger partial charge >= 0.3 is 0 Å². The molecule has 3 aliphatic rings. The van der Waals surface area contributed by atoms with Gasteiger partial charge in [-0.25, -0.2) is 0 Å². The smallest absolute Gasteiger partial charge is 0.0942 e. The summed E-state index contributed by atoms with van der Waals surface area (Å²) in [5.41, 5.74) is 0.464. The van der Waals surface area contributed by atoms with Crippen molar-refractivity contribution in [1.29, 1.82) is 0 Å². The second-order valence-corrected chi connectivity index (χ2v) is 7.83. The highest BCUT2D eigenvalue weighted by atomic mass is 16.3. The van der Waals surface area contributed by atoms with Crippen LogP contribution in [0.5, 0.6) is 0 Å². The third-order valence-electron chi connectivity index (χ3n) is 6.42. The molecule has 1 saturated carbocycles. The molecule has 4 atom stereocenters. The molecule has 1 N–H and O–H groups in total. The van der Waals surface area contributed by atoms with Gasteiger partial charge in [0.2, 0.25) is 0 Å². The number of allylic oxidation sites excluding steroid dienone is 2. The van der Waals surface area contributed by atoms with Crippen molar-refractivity contribution in [2.24, 2.45) is 17.8 Å². The average molecular weight is 311 g/mol. The van der Waals surface area contributed by atoms with Crippen LogP contribution in [0.4, 0.5) is 0 Å². The van der Waals surface area contributed by atoms with Crippen LogP contribution in [0.3, 0.4) is 0 Å². The highest BCUT2D eigenvalue weighted by Crippen LogP contribution is 2.52. The van der Waals surface area contributed by atoms with E-state index in [-0.39, 0.29) is 0 Å². The lowest BCUT2D eigenvalue weighted by Gasteiger charge is -2.40. The summed E-state index contributed by atoms with van der Waals surface area (Å²) in [6, 6.07) is 10.5. The van der Waals surface area contributed by atoms with Crippen molar-refractivity contribution in [2.45, 2.75) is 44.1 Å². The Kier molecular flexibility index (Phi) is 4.29. The molecular formula is C21H29NO. The Morgan fingerprint density at radius 1 is 1.00 bits per heavy atom. The van der Waals surface area contributed by atoms with E-state index in [1.807, 2.05) is 0 Å². The largest absolute Gasteiger partial charge is 0.385 e. The zero-order valence-electron chi connectivity index (χ0n) is 14.0. The van der Waals surface area contributed by atoms with Crippen LogP contribution in [0.25, 0.3) is 0 Å². The summed E-state index contributed by atoms with van der Waals surface area (Å²) >= 11 is 0. The predicted molar refractivity (Wildman–Crippen MR) is 94.1 cm³/mol. The van der Waals surface area contributed by atoms with E-state index in [2.05, 4.69) is 47.4 Å². The van der Waals surface area contributed by atoms with Gasteiger partial charge in [-0.15, -0.1) is 0 Å². The molecule has 1 aromatic rings. The molecule has 2 bridgehead atoms. The lowest BCUT2D eigenvalue weighted by Crippen LogP contribution is -2.42. The maximum atomic E-state index is 11.8. The van der Waals surface area contributed by atoms with Gasteiger partial charge in [0.25, 0.3) is 0 Å². The fourth-order valence-corrected chi connectivity index (χ4v) is 5.11. The Morgan fingerprint density at radius 3 is 2.43 bits per heavy atom. The van der Waals surface area contributed by atoms with Gasteiger partial charge in [-0.05, 0) is 68.5 Å². The van der Waals surface area contributed by atoms with E-state index in [4.69, 9.17) is 0 Å². The van der Waals surface area contributed by atoms with E-state index in [0.717, 1.165) is 24.9 Å². The first-order chi connectivity index (χ1) is 11.3. The van der Waals surface area contributed by atoms with Gasteiger partial charge in [-0.2, -0.15) is 0 Å². The molecule has 4 rings (SSSR count). The number of hydrogen-bond acceptors (Lipinski definition) is 2. The second-order valence-electron chi connectivity index (χ2n) is 7.83. The molecule has 23 heavy (non-hydrogen) atoms. The van der Waals surface area contributed by atoms with Crippen LogP contribution in [0.15, 0.2) is 42.5 Å². The molecule has 0 aromatic heterocycles. The van der Waals surface area contributed by atoms with Gasteiger partial charge in [0.05, 0.1) is 5.60 Å². The van der Waals surface area contributed by atoms with E-state index < -0.39 is 5.60 Å². The van der Waals surface area contributed by atoms with E-state index in [1.165, 1.54) is 38.8 Å². The minimum Gasteiger partial charge on any atom is -0.385 e. The number of likely N-dealkylation sites (tertiary alicyclic amines) is 1. The van der Waals surface area contributed by atoms with Crippen molar-refractivity contribution < 1.29 is 5.11 Å². The van der Waals surface area contributed by atoms with Gasteiger partial charge in [-0.3, -0.25) is 0 Å². The van der Waals surface area contributed by atoms with Crippen molar-refractivity contribution in [1.82, 2.24) is 4.90 Å². The predicted octanol–water partition coefficient (Wildman–Crippen LogP) is 3.96. The van der Waals surface area contributed by atoms with Gasteiger partial charge < -0.3 is 10.0 Å². The Morgan fingerprint density at radius 2 is 1.78 bits per heavy atom. The Labute approximate surface area is 140 Å². The number of hydrogen-bond donors (Lipinski definition) is 1. The van der Waals surface area contributed by atoms with Crippen LogP contribution in [0.1, 0.15) is 44.1 Å². The first-order valence-electron chi connectivity index (χ1n) is 9.44. The third kappa shape index (κ3) is 2.99. The number of nitrogens with zero attached hydrogens (tertiary/aromatic N) is 1. The van der Waals surface area contributed by atoms with Crippen LogP contribution in [0, 0.1) is 17.8 Å². The standard InChI is InChI=1S/C21H29NO/c23-21(19-7-3-1-4-8-19,11-14-22-12-5-2-6-13-22)20-16-17-9-10-18(20)15-17/h1,3-4,7-10,17-18,20,23H,2,5-6,11-16H2/t17-,18+,20+,21?/m1/s1. The van der Waals surface area contributed by atoms with Gasteiger partial charge in [0.1, 0.15) is 0 Å². The molecule has 2 heteroatoms. The van der Waals surface area contributed by atoms with Crippen molar-refractivity contribution in [3.63, 3.8) is 0 Å². The topological polar surface area (TPSA) is 23.5 Å². The van der Waals surface area contributed by atoms with E-state index >= 15 is 0 Å². The zero-order chi connectivity index (χ0) is 15.7. The number of aliphatic hydroxyl groups is 1. The lowest BCUT2D eigenvalue weighted by molar-refractivity contribution is -0.0495. The summed E-state index contributed by atoms with van der Waals surface area (Å²) in [6.45, 7) is 3.45. The van der Waals surface area contributed by atoms with Crippen LogP contribution in [0.2, 0.25) is 0 Å². The quantitative estimate of drug-likeness (QED) is 0.832. The summed E-state index contributed by atoms with van der Waals surface area (Å²) in [5, 5.41) is 11.8. The fourth-order valence-electron chi connectivity index (χ4n) is 5.11. The van der Waals surface area contributed by atoms with Gasteiger partial charge in [-0.1, -0.05) is 48.9 Å². The molecule has 1 aliphatic heterocycles. The van der Waals surface area contributed by atoms with Crippen molar-refractivity contribution in [2.75, 3.05) is 19.6 Å². The highest BCUT2D eigenvalue weighted by molar-refractivity contribution is 5.27. The molecule has 1 heterocycles. The molecule has 0 amide bonds. The number of benzene rings is 1. The van der Waals surface area contributed by atoms with Crippen molar-refractivity contribution in [3.05, 3.63) is 48.0 Å². The second kappa shape index (κ2) is 6.41. The number of rotatable bonds is 5. The summed E-state index contributed by atoms with van der Waals surface area (Å²) in [7, 11) is 0. The number of piperidine rings is 1. The fraction of sp³-hybridized carbons (Fsp3) is 0.619. The molecule has 1 unspecified atom stereocenters. The van der Waals surface area contributed by atoms with Gasteiger partial charge in [0.15, 0.2) is 0 Å². The van der Waals surface area contributed by atoms with Crippen LogP contribution >= 0.6 is 0 Å². The van der Waals surface area contributed by atoms with Gasteiger partial charge in [0, 0.05) is 6.54 Å². The molecular weight excluding hydrogens is 282 g/mol. The molecule has 2 aliphatic carbocycles. The van der Waals surface area contributed by atoms with E-state index in [1.54, 1.807) is 0 Å². The Balaban J connectivity index is 1.55. The van der Waals surface area contributed by atoms with Crippen LogP contribution in [-0.2, 0) is 5.60 Å². The van der Waals surface area contributed by atoms with E-state index in [9.17, 15) is 5.11 Å². The molecule has 2 nitrogen and oxygen atoms in total. The normalized spacial score (nSPS) is 33.0. The molecule has 1 saturated heterocycles. The Bertz CT molecular complexity index is 548. The molecule has 2 fully saturated rings. The molecule has 1 aromatic carbocycles. The lowest BCUT2D eigenvalue weighted by atomic mass is 9.72. The average Bonchev–Trinajstić information content (AvgIpc) is 3.25. The van der Waals surface area contributed by atoms with Crippen LogP contribution < -0.4 is 0 Å². The minimum absolute atomic E-state index is 0.393. The van der Waals surface area contributed by atoms with Crippen molar-refractivity contribution >= 4 is 0 Å². The number of fused-ring (bicyclic) bond motifs is 2. The SMILES string of the molecule is OC(CCN1CCCCC1)(c1ccccc1)[C@H]1C[C@@H]2C=C[C@H]1C2. The third-order valence-corrected chi connectivity index (χ3v) is 6.42. The monoisotopic (exact) mass is 311 g/mol. The zero-order valence-corrected chi connectivity index (χ0v) is 14.0. The first-order valence-corrected chi connectivity index (χ1v) is 9.44. The summed E-state index contributed by atoms with van der Waals surface area (Å²) in [6.07, 6.45) is 12.0. The maximum Gasteiger partial charge on any atom is 0.0942 e. The summed E-state index contributed by atoms with van der Waals surface area (Å²) < 4.78 is 0. The first kappa shape index (κ1) is 15.4. The highest BCUT2D eigenvalue weighted by Gasteiger charge is 2.48. The molecule has 0 spiro atoms. The molecule has 124 valence electrons. The summed E-state index contributed by atoms with van der Waals surface area (Å²) in [5.74, 6) is 1.67.